The lowest BCUT2D eigenvalue weighted by molar-refractivity contribution is -0.127. The zero-order valence-electron chi connectivity index (χ0n) is 13.2. The Kier molecular flexibility index (Phi) is 4.08. The van der Waals surface area contributed by atoms with Crippen LogP contribution in [0.1, 0.15) is 5.56 Å². The first-order valence-electron chi connectivity index (χ1n) is 7.66. The maximum atomic E-state index is 12.4. The lowest BCUT2D eigenvalue weighted by atomic mass is 10.1. The fourth-order valence-corrected chi connectivity index (χ4v) is 3.15. The van der Waals surface area contributed by atoms with E-state index in [2.05, 4.69) is 20.6 Å². The highest BCUT2D eigenvalue weighted by molar-refractivity contribution is 7.08. The van der Waals surface area contributed by atoms with Crippen molar-refractivity contribution in [2.45, 2.75) is 12.6 Å². The van der Waals surface area contributed by atoms with E-state index in [-0.39, 0.29) is 5.56 Å². The third kappa shape index (κ3) is 3.52. The van der Waals surface area contributed by atoms with Crippen molar-refractivity contribution in [3.63, 3.8) is 0 Å². The predicted molar refractivity (Wildman–Crippen MR) is 93.6 cm³/mol. The summed E-state index contributed by atoms with van der Waals surface area (Å²) in [4.78, 5) is 0. The standard InChI is InChI=1S/C17H12F3N5S/c18-17(19,20)9-11-1-3-13(4-2-11)21-14-5-6-15-22-23-16(25(15)24-14)12-7-8-26-10-12/h1-8,10H,9H2,(H,21,24). The van der Waals surface area contributed by atoms with Crippen LogP contribution in [0.2, 0.25) is 0 Å². The summed E-state index contributed by atoms with van der Waals surface area (Å²) in [5.74, 6) is 1.17. The van der Waals surface area contributed by atoms with Crippen molar-refractivity contribution in [1.82, 2.24) is 19.8 Å². The number of halogens is 3. The lowest BCUT2D eigenvalue weighted by Crippen LogP contribution is -2.11. The first kappa shape index (κ1) is 16.5. The van der Waals surface area contributed by atoms with Crippen molar-refractivity contribution < 1.29 is 13.2 Å². The summed E-state index contributed by atoms with van der Waals surface area (Å²) in [5, 5.41) is 19.7. The number of aromatic nitrogens is 4. The Morgan fingerprint density at radius 3 is 2.50 bits per heavy atom. The second-order valence-corrected chi connectivity index (χ2v) is 6.42. The number of fused-ring (bicyclic) bond motifs is 1. The van der Waals surface area contributed by atoms with Gasteiger partial charge in [0, 0.05) is 16.6 Å². The zero-order valence-corrected chi connectivity index (χ0v) is 14.1. The van der Waals surface area contributed by atoms with E-state index in [1.807, 2.05) is 16.8 Å². The van der Waals surface area contributed by atoms with Gasteiger partial charge in [0.05, 0.1) is 6.42 Å². The van der Waals surface area contributed by atoms with Gasteiger partial charge in [0.1, 0.15) is 0 Å². The summed E-state index contributed by atoms with van der Waals surface area (Å²) >= 11 is 1.55. The van der Waals surface area contributed by atoms with Gasteiger partial charge in [-0.1, -0.05) is 12.1 Å². The Bertz CT molecular complexity index is 1020. The second-order valence-electron chi connectivity index (χ2n) is 5.64. The van der Waals surface area contributed by atoms with Crippen LogP contribution < -0.4 is 5.32 Å². The molecule has 0 fully saturated rings. The van der Waals surface area contributed by atoms with Crippen LogP contribution >= 0.6 is 11.3 Å². The van der Waals surface area contributed by atoms with E-state index >= 15 is 0 Å². The molecule has 9 heteroatoms. The highest BCUT2D eigenvalue weighted by Crippen LogP contribution is 2.24. The normalized spacial score (nSPS) is 11.8. The summed E-state index contributed by atoms with van der Waals surface area (Å²) in [6.45, 7) is 0. The quantitative estimate of drug-likeness (QED) is 0.562. The molecule has 3 heterocycles. The van der Waals surface area contributed by atoms with E-state index in [0.29, 0.717) is 23.0 Å². The van der Waals surface area contributed by atoms with Crippen molar-refractivity contribution in [3.8, 4) is 11.4 Å². The summed E-state index contributed by atoms with van der Waals surface area (Å²) in [6, 6.07) is 11.5. The minimum atomic E-state index is -4.21. The van der Waals surface area contributed by atoms with Gasteiger partial charge in [-0.15, -0.1) is 15.3 Å². The maximum Gasteiger partial charge on any atom is 0.393 e. The molecule has 0 radical (unpaired) electrons. The molecule has 0 spiro atoms. The number of hydrogen-bond donors (Lipinski definition) is 1. The Hall–Kier alpha value is -2.94. The molecule has 4 aromatic rings. The number of nitrogens with one attached hydrogen (secondary N) is 1. The highest BCUT2D eigenvalue weighted by Gasteiger charge is 2.27. The van der Waals surface area contributed by atoms with Crippen LogP contribution in [0, 0.1) is 0 Å². The lowest BCUT2D eigenvalue weighted by Gasteiger charge is -2.09. The van der Waals surface area contributed by atoms with Gasteiger partial charge in [-0.2, -0.15) is 29.0 Å². The van der Waals surface area contributed by atoms with Gasteiger partial charge in [-0.25, -0.2) is 0 Å². The topological polar surface area (TPSA) is 55.1 Å². The molecule has 132 valence electrons. The first-order chi connectivity index (χ1) is 12.5. The predicted octanol–water partition coefficient (Wildman–Crippen LogP) is 4.70. The van der Waals surface area contributed by atoms with Crippen molar-refractivity contribution in [2.24, 2.45) is 0 Å². The first-order valence-corrected chi connectivity index (χ1v) is 8.60. The van der Waals surface area contributed by atoms with Gasteiger partial charge >= 0.3 is 6.18 Å². The Morgan fingerprint density at radius 2 is 1.81 bits per heavy atom. The number of thiophene rings is 1. The van der Waals surface area contributed by atoms with Gasteiger partial charge < -0.3 is 5.32 Å². The number of alkyl halides is 3. The smallest absolute Gasteiger partial charge is 0.339 e. The molecule has 0 aliphatic heterocycles. The number of benzene rings is 1. The Balaban J connectivity index is 1.58. The van der Waals surface area contributed by atoms with Crippen molar-refractivity contribution in [1.29, 1.82) is 0 Å². The van der Waals surface area contributed by atoms with E-state index in [1.54, 1.807) is 40.1 Å². The molecule has 0 atom stereocenters. The fourth-order valence-electron chi connectivity index (χ4n) is 2.51. The summed E-state index contributed by atoms with van der Waals surface area (Å²) in [5.41, 5.74) is 2.39. The van der Waals surface area contributed by atoms with E-state index in [9.17, 15) is 13.2 Å². The van der Waals surface area contributed by atoms with Crippen LogP contribution in [0.5, 0.6) is 0 Å². The number of anilines is 2. The van der Waals surface area contributed by atoms with E-state index < -0.39 is 12.6 Å². The number of hydrogen-bond acceptors (Lipinski definition) is 5. The largest absolute Gasteiger partial charge is 0.393 e. The van der Waals surface area contributed by atoms with Gasteiger partial charge in [0.2, 0.25) is 0 Å². The average Bonchev–Trinajstić information content (AvgIpc) is 3.24. The van der Waals surface area contributed by atoms with Gasteiger partial charge in [-0.3, -0.25) is 0 Å². The minimum absolute atomic E-state index is 0.213. The molecule has 0 unspecified atom stereocenters. The third-order valence-electron chi connectivity index (χ3n) is 3.67. The molecule has 0 saturated heterocycles. The molecule has 1 aromatic carbocycles. The van der Waals surface area contributed by atoms with Crippen molar-refractivity contribution in [3.05, 3.63) is 58.8 Å². The SMILES string of the molecule is FC(F)(F)Cc1ccc(Nc2ccc3nnc(-c4ccsc4)n3n2)cc1. The number of nitrogens with zero attached hydrogens (tertiary/aromatic N) is 4. The molecule has 0 amide bonds. The molecular formula is C17H12F3N5S. The van der Waals surface area contributed by atoms with Crippen LogP contribution in [-0.4, -0.2) is 26.0 Å². The third-order valence-corrected chi connectivity index (χ3v) is 4.36. The monoisotopic (exact) mass is 375 g/mol. The molecule has 0 bridgehead atoms. The Labute approximate surface area is 150 Å². The summed E-state index contributed by atoms with van der Waals surface area (Å²) in [6.07, 6.45) is -5.16. The fraction of sp³-hybridized carbons (Fsp3) is 0.118. The molecule has 1 N–H and O–H groups in total. The molecule has 3 aromatic heterocycles. The highest BCUT2D eigenvalue weighted by atomic mass is 32.1. The molecule has 4 rings (SSSR count). The summed E-state index contributed by atoms with van der Waals surface area (Å²) < 4.78 is 38.9. The van der Waals surface area contributed by atoms with Gasteiger partial charge in [0.25, 0.3) is 0 Å². The van der Waals surface area contributed by atoms with E-state index in [1.165, 1.54) is 12.1 Å². The average molecular weight is 375 g/mol. The molecule has 0 saturated carbocycles. The molecular weight excluding hydrogens is 363 g/mol. The van der Waals surface area contributed by atoms with Crippen molar-refractivity contribution >= 4 is 28.5 Å². The molecule has 26 heavy (non-hydrogen) atoms. The maximum absolute atomic E-state index is 12.4. The number of rotatable bonds is 4. The molecule has 0 aliphatic rings. The van der Waals surface area contributed by atoms with Crippen LogP contribution in [0.15, 0.2) is 53.2 Å². The van der Waals surface area contributed by atoms with Crippen molar-refractivity contribution in [2.75, 3.05) is 5.32 Å². The van der Waals surface area contributed by atoms with E-state index in [0.717, 1.165) is 5.56 Å². The van der Waals surface area contributed by atoms with E-state index in [4.69, 9.17) is 0 Å². The van der Waals surface area contributed by atoms with Crippen LogP contribution in [0.3, 0.4) is 0 Å². The summed E-state index contributed by atoms with van der Waals surface area (Å²) in [7, 11) is 0. The molecule has 5 nitrogen and oxygen atoms in total. The van der Waals surface area contributed by atoms with Crippen LogP contribution in [0.25, 0.3) is 17.0 Å². The van der Waals surface area contributed by atoms with Crippen LogP contribution in [0.4, 0.5) is 24.7 Å². The van der Waals surface area contributed by atoms with Crippen LogP contribution in [-0.2, 0) is 6.42 Å². The molecule has 0 aliphatic carbocycles. The minimum Gasteiger partial charge on any atom is -0.339 e. The zero-order chi connectivity index (χ0) is 18.1. The van der Waals surface area contributed by atoms with Gasteiger partial charge in [-0.05, 0) is 41.3 Å². The van der Waals surface area contributed by atoms with Gasteiger partial charge in [0.15, 0.2) is 17.3 Å². The Morgan fingerprint density at radius 1 is 1.00 bits per heavy atom. The second kappa shape index (κ2) is 6.41.